The van der Waals surface area contributed by atoms with Crippen molar-refractivity contribution in [1.29, 1.82) is 0 Å². The second-order valence-corrected chi connectivity index (χ2v) is 15.7. The number of rotatable bonds is 12. The van der Waals surface area contributed by atoms with Gasteiger partial charge in [0.1, 0.15) is 28.2 Å². The largest absolute Gasteiger partial charge is 0.462 e. The summed E-state index contributed by atoms with van der Waals surface area (Å²) in [5, 5.41) is 15.6. The molecular formula is C43H39FN6O3S2. The van der Waals surface area contributed by atoms with Crippen LogP contribution in [0.3, 0.4) is 0 Å². The molecule has 278 valence electrons. The molecule has 0 unspecified atom stereocenters. The van der Waals surface area contributed by atoms with Gasteiger partial charge in [-0.05, 0) is 98.7 Å². The van der Waals surface area contributed by atoms with Crippen molar-refractivity contribution < 1.29 is 18.7 Å². The average molecular weight is 771 g/mol. The fourth-order valence-electron chi connectivity index (χ4n) is 6.92. The van der Waals surface area contributed by atoms with E-state index in [9.17, 15) is 9.59 Å². The number of anilines is 1. The summed E-state index contributed by atoms with van der Waals surface area (Å²) < 4.78 is 22.5. The van der Waals surface area contributed by atoms with Gasteiger partial charge in [0.05, 0.1) is 30.0 Å². The minimum atomic E-state index is -0.467. The van der Waals surface area contributed by atoms with E-state index in [-0.39, 0.29) is 24.8 Å². The first-order valence-corrected chi connectivity index (χ1v) is 20.2. The van der Waals surface area contributed by atoms with Crippen molar-refractivity contribution in [2.45, 2.75) is 64.8 Å². The van der Waals surface area contributed by atoms with Crippen molar-refractivity contribution >= 4 is 58.1 Å². The normalized spacial score (nSPS) is 13.8. The topological polar surface area (TPSA) is 111 Å². The first kappa shape index (κ1) is 36.4. The lowest BCUT2D eigenvalue weighted by molar-refractivity contribution is -0.115. The van der Waals surface area contributed by atoms with Gasteiger partial charge in [-0.3, -0.25) is 14.4 Å². The highest BCUT2D eigenvalue weighted by molar-refractivity contribution is 7.15. The molecule has 1 aliphatic carbocycles. The molecule has 0 spiro atoms. The zero-order valence-corrected chi connectivity index (χ0v) is 32.2. The molecular weight excluding hydrogens is 732 g/mol. The van der Waals surface area contributed by atoms with E-state index in [1.807, 2.05) is 72.2 Å². The molecule has 0 saturated heterocycles. The molecule has 0 atom stereocenters. The van der Waals surface area contributed by atoms with Gasteiger partial charge in [0, 0.05) is 33.0 Å². The smallest absolute Gasteiger partial charge is 0.338 e. The number of thiazole rings is 1. The van der Waals surface area contributed by atoms with Crippen LogP contribution < -0.4 is 5.32 Å². The molecule has 9 nitrogen and oxygen atoms in total. The second kappa shape index (κ2) is 16.0. The highest BCUT2D eigenvalue weighted by atomic mass is 32.1. The molecule has 8 rings (SSSR count). The van der Waals surface area contributed by atoms with E-state index in [0.717, 1.165) is 37.4 Å². The van der Waals surface area contributed by atoms with Crippen molar-refractivity contribution in [3.05, 3.63) is 145 Å². The van der Waals surface area contributed by atoms with Crippen LogP contribution in [0.1, 0.15) is 97.5 Å². The van der Waals surface area contributed by atoms with Gasteiger partial charge in [-0.25, -0.2) is 14.2 Å². The number of esters is 1. The van der Waals surface area contributed by atoms with E-state index in [0.29, 0.717) is 59.2 Å². The summed E-state index contributed by atoms with van der Waals surface area (Å²) in [6, 6.07) is 22.0. The average Bonchev–Trinajstić information content (AvgIpc) is 3.87. The van der Waals surface area contributed by atoms with Crippen molar-refractivity contribution in [3.63, 3.8) is 0 Å². The van der Waals surface area contributed by atoms with Crippen molar-refractivity contribution in [3.8, 4) is 5.00 Å². The third kappa shape index (κ3) is 7.97. The van der Waals surface area contributed by atoms with Crippen molar-refractivity contribution in [2.24, 2.45) is 4.99 Å². The molecule has 0 bridgehead atoms. The molecule has 1 fully saturated rings. The van der Waals surface area contributed by atoms with Gasteiger partial charge in [-0.15, -0.1) is 32.9 Å². The predicted octanol–water partition coefficient (Wildman–Crippen LogP) is 9.16. The Bertz CT molecular complexity index is 2460. The number of aliphatic imine (C=N–C) groups is 1. The number of fused-ring (bicyclic) bond motifs is 3. The first-order valence-electron chi connectivity index (χ1n) is 18.5. The lowest BCUT2D eigenvalue weighted by Crippen LogP contribution is -2.17. The molecule has 55 heavy (non-hydrogen) atoms. The number of aromatic nitrogens is 4. The molecule has 0 radical (unpaired) electrons. The maximum absolute atomic E-state index is 15.0. The Kier molecular flexibility index (Phi) is 10.6. The summed E-state index contributed by atoms with van der Waals surface area (Å²) in [7, 11) is 0. The third-order valence-electron chi connectivity index (χ3n) is 9.95. The molecule has 1 amide bonds. The molecule has 1 aliphatic heterocycles. The summed E-state index contributed by atoms with van der Waals surface area (Å²) in [5.74, 6) is 1.01. The van der Waals surface area contributed by atoms with Crippen LogP contribution in [-0.2, 0) is 35.3 Å². The van der Waals surface area contributed by atoms with Crippen LogP contribution in [0.15, 0.2) is 83.2 Å². The minimum absolute atomic E-state index is 0.00792. The standard InChI is InChI=1S/C43H39FN6O3S2/c1-3-53-43(52)34-21-28(15-18-32-23-35-41(33-12-4-5-13-36(33)44)45-24-38-49-48-26(2)50(38)42(35)55-32)14-17-30(34)22-39(51)46-31-11-6-8-27(20-31)16-19-40-47-37(25-54-40)29-9-7-10-29/h4-6,8,11-14,16-17,19-21,23,25,29H,3,7,9-10,15,18,22,24H2,1-2H3,(H,46,51). The number of ether oxygens (including phenoxy) is 1. The Balaban J connectivity index is 0.972. The van der Waals surface area contributed by atoms with E-state index in [1.165, 1.54) is 31.0 Å². The Hall–Kier alpha value is -5.59. The molecule has 4 heterocycles. The zero-order valence-electron chi connectivity index (χ0n) is 30.5. The molecule has 3 aromatic heterocycles. The third-order valence-corrected chi connectivity index (χ3v) is 12.0. The fourth-order valence-corrected chi connectivity index (χ4v) is 8.93. The summed E-state index contributed by atoms with van der Waals surface area (Å²) in [6.07, 6.45) is 9.05. The Morgan fingerprint density at radius 3 is 2.69 bits per heavy atom. The molecule has 6 aromatic rings. The minimum Gasteiger partial charge on any atom is -0.462 e. The summed E-state index contributed by atoms with van der Waals surface area (Å²) in [6.45, 7) is 4.17. The molecule has 1 saturated carbocycles. The number of carbonyl (C=O) groups excluding carboxylic acids is 2. The van der Waals surface area contributed by atoms with E-state index < -0.39 is 5.97 Å². The van der Waals surface area contributed by atoms with Gasteiger partial charge in [0.25, 0.3) is 0 Å². The summed E-state index contributed by atoms with van der Waals surface area (Å²) in [4.78, 5) is 37.2. The Labute approximate surface area is 326 Å². The van der Waals surface area contributed by atoms with Gasteiger partial charge in [0.2, 0.25) is 5.91 Å². The Morgan fingerprint density at radius 1 is 1.00 bits per heavy atom. The van der Waals surface area contributed by atoms with Crippen LogP contribution in [0.5, 0.6) is 0 Å². The van der Waals surface area contributed by atoms with Crippen LogP contribution in [0.2, 0.25) is 0 Å². The number of aryl methyl sites for hydroxylation is 3. The van der Waals surface area contributed by atoms with Crippen LogP contribution in [0.4, 0.5) is 10.1 Å². The van der Waals surface area contributed by atoms with Gasteiger partial charge < -0.3 is 10.1 Å². The number of nitrogens with one attached hydrogen (secondary N) is 1. The second-order valence-electron chi connectivity index (χ2n) is 13.7. The van der Waals surface area contributed by atoms with Crippen molar-refractivity contribution in [2.75, 3.05) is 11.9 Å². The molecule has 1 N–H and O–H groups in total. The number of hydrogen-bond acceptors (Lipinski definition) is 9. The van der Waals surface area contributed by atoms with Crippen LogP contribution >= 0.6 is 22.7 Å². The molecule has 2 aliphatic rings. The van der Waals surface area contributed by atoms with Crippen LogP contribution in [0, 0.1) is 12.7 Å². The first-order chi connectivity index (χ1) is 26.8. The van der Waals surface area contributed by atoms with Gasteiger partial charge in [0.15, 0.2) is 5.82 Å². The van der Waals surface area contributed by atoms with E-state index in [2.05, 4.69) is 27.0 Å². The van der Waals surface area contributed by atoms with E-state index in [4.69, 9.17) is 14.7 Å². The maximum atomic E-state index is 15.0. The van der Waals surface area contributed by atoms with Crippen LogP contribution in [0.25, 0.3) is 17.2 Å². The number of amides is 1. The summed E-state index contributed by atoms with van der Waals surface area (Å²) in [5.41, 5.74) is 6.56. The quantitative estimate of drug-likeness (QED) is 0.124. The van der Waals surface area contributed by atoms with E-state index >= 15 is 4.39 Å². The van der Waals surface area contributed by atoms with Crippen molar-refractivity contribution in [1.82, 2.24) is 19.7 Å². The Morgan fingerprint density at radius 2 is 1.87 bits per heavy atom. The highest BCUT2D eigenvalue weighted by Crippen LogP contribution is 2.37. The highest BCUT2D eigenvalue weighted by Gasteiger charge is 2.26. The number of benzene rings is 3. The number of nitrogens with zero attached hydrogens (tertiary/aromatic N) is 5. The summed E-state index contributed by atoms with van der Waals surface area (Å²) >= 11 is 3.25. The predicted molar refractivity (Wildman–Crippen MR) is 216 cm³/mol. The zero-order chi connectivity index (χ0) is 37.9. The number of carbonyl (C=O) groups is 2. The number of halogens is 1. The molecule has 3 aromatic carbocycles. The lowest BCUT2D eigenvalue weighted by atomic mass is 9.83. The van der Waals surface area contributed by atoms with E-state index in [1.54, 1.807) is 41.7 Å². The monoisotopic (exact) mass is 770 g/mol. The van der Waals surface area contributed by atoms with Crippen LogP contribution in [-0.4, -0.2) is 43.9 Å². The van der Waals surface area contributed by atoms with Gasteiger partial charge >= 0.3 is 5.97 Å². The number of hydrogen-bond donors (Lipinski definition) is 1. The number of thiophene rings is 1. The molecule has 12 heteroatoms. The van der Waals surface area contributed by atoms with Gasteiger partial charge in [-0.2, -0.15) is 0 Å². The maximum Gasteiger partial charge on any atom is 0.338 e. The SMILES string of the molecule is CCOC(=O)c1cc(CCc2cc3c(s2)-n2c(C)nnc2CN=C3c2ccccc2F)ccc1CC(=O)Nc1cccc(C=Cc2nc(C3CCC3)cs2)c1. The fraction of sp³-hybridized carbons (Fsp3) is 0.256. The van der Waals surface area contributed by atoms with Gasteiger partial charge in [-0.1, -0.05) is 48.9 Å². The lowest BCUT2D eigenvalue weighted by Gasteiger charge is -2.22.